The maximum atomic E-state index is 11.4. The summed E-state index contributed by atoms with van der Waals surface area (Å²) >= 11 is 15.3. The zero-order valence-electron chi connectivity index (χ0n) is 34.5. The molecule has 1 aliphatic rings. The largest absolute Gasteiger partial charge is 0.494 e. The van der Waals surface area contributed by atoms with Crippen molar-refractivity contribution in [2.75, 3.05) is 6.61 Å². The Balaban J connectivity index is 0.000000255. The maximum Gasteiger partial charge on any atom is 0.494 e. The van der Waals surface area contributed by atoms with Gasteiger partial charge in [-0.2, -0.15) is 0 Å². The summed E-state index contributed by atoms with van der Waals surface area (Å²) in [4.78, 5) is 44.2. The molecule has 328 valence electrons. The third-order valence-corrected chi connectivity index (χ3v) is 10.8. The Hall–Kier alpha value is -4.32. The number of nitrogens with two attached hydrogens (primary N) is 1. The molecule has 4 aromatic carbocycles. The van der Waals surface area contributed by atoms with E-state index in [0.717, 1.165) is 32.2 Å². The van der Waals surface area contributed by atoms with Crippen molar-refractivity contribution in [3.63, 3.8) is 0 Å². The van der Waals surface area contributed by atoms with Gasteiger partial charge < -0.3 is 45.5 Å². The number of rotatable bonds is 14. The van der Waals surface area contributed by atoms with Crippen LogP contribution in [0.3, 0.4) is 0 Å². The third-order valence-electron chi connectivity index (χ3n) is 9.79. The summed E-state index contributed by atoms with van der Waals surface area (Å²) in [6, 6.07) is 28.8. The molecule has 4 atom stereocenters. The number of halogens is 3. The Morgan fingerprint density at radius 1 is 0.770 bits per heavy atom. The molecule has 0 bridgehead atoms. The van der Waals surface area contributed by atoms with E-state index in [-0.39, 0.29) is 50.2 Å². The number of esters is 1. The van der Waals surface area contributed by atoms with Crippen molar-refractivity contribution in [1.29, 1.82) is 0 Å². The number of hydrogen-bond donors (Lipinski definition) is 6. The number of carboxylic acid groups (broad SMARTS) is 2. The van der Waals surface area contributed by atoms with Crippen LogP contribution in [0.15, 0.2) is 102 Å². The Morgan fingerprint density at radius 2 is 1.31 bits per heavy atom. The van der Waals surface area contributed by atoms with Crippen LogP contribution < -0.4 is 16.5 Å². The van der Waals surface area contributed by atoms with Gasteiger partial charge in [0.2, 0.25) is 0 Å². The fraction of sp³-hybridized carbons (Fsp3) is 0.364. The fourth-order valence-electron chi connectivity index (χ4n) is 5.86. The van der Waals surface area contributed by atoms with Crippen LogP contribution in [0.4, 0.5) is 0 Å². The van der Waals surface area contributed by atoms with Gasteiger partial charge in [-0.25, -0.2) is 14.4 Å². The summed E-state index contributed by atoms with van der Waals surface area (Å²) in [5, 5.41) is 40.2. The first-order valence-corrected chi connectivity index (χ1v) is 20.9. The smallest absolute Gasteiger partial charge is 0.479 e. The normalized spacial score (nSPS) is 15.7. The quantitative estimate of drug-likeness (QED) is 0.0472. The minimum atomic E-state index is -1.71. The summed E-state index contributed by atoms with van der Waals surface area (Å²) in [6.45, 7) is 10.1. The number of nitrogens with one attached hydrogen (secondary N) is 1. The number of carbonyl (C=O) groups excluding carboxylic acids is 2. The lowest BCUT2D eigenvalue weighted by molar-refractivity contribution is -0.153. The van der Waals surface area contributed by atoms with Gasteiger partial charge in [-0.3, -0.25) is 4.79 Å². The minimum absolute atomic E-state index is 0.166. The fourth-order valence-corrected chi connectivity index (χ4v) is 6.51. The predicted octanol–water partition coefficient (Wildman–Crippen LogP) is 6.23. The van der Waals surface area contributed by atoms with E-state index >= 15 is 0 Å². The highest BCUT2D eigenvalue weighted by atomic mass is 79.9. The van der Waals surface area contributed by atoms with Crippen molar-refractivity contribution >= 4 is 75.5 Å². The number of amides is 1. The van der Waals surface area contributed by atoms with Crippen LogP contribution >= 0.6 is 39.1 Å². The van der Waals surface area contributed by atoms with Crippen LogP contribution in [0.25, 0.3) is 11.1 Å². The summed E-state index contributed by atoms with van der Waals surface area (Å²) in [6.07, 6.45) is -2.19. The summed E-state index contributed by atoms with van der Waals surface area (Å²) < 4.78 is 17.6. The van der Waals surface area contributed by atoms with E-state index in [0.29, 0.717) is 16.5 Å². The van der Waals surface area contributed by atoms with Gasteiger partial charge in [-0.1, -0.05) is 99.8 Å². The molecule has 4 aromatic rings. The molecule has 5 rings (SSSR count). The van der Waals surface area contributed by atoms with Gasteiger partial charge in [0, 0.05) is 33.0 Å². The highest BCUT2D eigenvalue weighted by Gasteiger charge is 2.51. The molecule has 1 aliphatic heterocycles. The zero-order valence-corrected chi connectivity index (χ0v) is 37.6. The van der Waals surface area contributed by atoms with Gasteiger partial charge in [0.25, 0.3) is 0 Å². The lowest BCUT2D eigenvalue weighted by atomic mass is 9.79. The Morgan fingerprint density at radius 3 is 1.84 bits per heavy atom. The topological polar surface area (TPSA) is 215 Å². The monoisotopic (exact) mass is 944 g/mol. The van der Waals surface area contributed by atoms with Crippen molar-refractivity contribution in [3.8, 4) is 11.1 Å². The molecule has 0 unspecified atom stereocenters. The van der Waals surface area contributed by atoms with Crippen LogP contribution in [-0.2, 0) is 46.1 Å². The molecule has 1 fully saturated rings. The van der Waals surface area contributed by atoms with Crippen LogP contribution in [0.1, 0.15) is 58.6 Å². The molecule has 7 N–H and O–H groups in total. The Kier molecular flexibility index (Phi) is 19.9. The molecule has 1 amide bonds. The van der Waals surface area contributed by atoms with Gasteiger partial charge in [0.05, 0.1) is 17.8 Å². The van der Waals surface area contributed by atoms with Crippen molar-refractivity contribution in [1.82, 2.24) is 5.32 Å². The van der Waals surface area contributed by atoms with E-state index < -0.39 is 42.1 Å². The van der Waals surface area contributed by atoms with E-state index in [1.54, 1.807) is 25.1 Å². The molecule has 61 heavy (non-hydrogen) atoms. The second-order valence-electron chi connectivity index (χ2n) is 15.2. The summed E-state index contributed by atoms with van der Waals surface area (Å²) in [5.41, 5.74) is 9.90. The number of carbonyl (C=O) groups is 4. The van der Waals surface area contributed by atoms with Crippen molar-refractivity contribution in [3.05, 3.63) is 123 Å². The number of aliphatic hydroxyl groups is 2. The summed E-state index contributed by atoms with van der Waals surface area (Å²) in [5.74, 6) is -4.99. The molecule has 1 heterocycles. The lowest BCUT2D eigenvalue weighted by Crippen LogP contribution is -2.43. The standard InChI is InChI=1S/C19H18ClNO6.C13H18BrNO3.C12H16BClO2/c20-14-3-1-2-13(9-14)12-6-4-11(5-7-12)8-15(10-16(22)18(24)25)21-17(23)19(26)27;1-2-18-13(17)12(16)8-11(15)7-9-3-5-10(14)6-4-9;1-11(2)12(3,4)16-13(15-11)9-6-5-7-10(14)8-9/h1-7,9,15-16,22H,8,10H2,(H,21,23)(H,24,25)(H,26,27);3-6,11-12,16H,2,7-8,15H2,1H3;5-8H,1-4H3/t15-,16-;11-,12-;/m11./s1. The molecule has 0 spiro atoms. The van der Waals surface area contributed by atoms with Crippen molar-refractivity contribution in [2.45, 2.75) is 95.8 Å². The van der Waals surface area contributed by atoms with Crippen molar-refractivity contribution < 1.29 is 53.6 Å². The van der Waals surface area contributed by atoms with Crippen LogP contribution in [0, 0.1) is 0 Å². The number of aliphatic carboxylic acids is 2. The van der Waals surface area contributed by atoms with E-state index in [9.17, 15) is 29.4 Å². The van der Waals surface area contributed by atoms with Gasteiger partial charge in [0.15, 0.2) is 12.2 Å². The summed E-state index contributed by atoms with van der Waals surface area (Å²) in [7, 11) is -0.330. The van der Waals surface area contributed by atoms with Gasteiger partial charge in [0.1, 0.15) is 0 Å². The number of ether oxygens (including phenoxy) is 1. The zero-order chi connectivity index (χ0) is 45.5. The first-order chi connectivity index (χ1) is 28.6. The van der Waals surface area contributed by atoms with E-state index in [1.165, 1.54) is 0 Å². The van der Waals surface area contributed by atoms with Crippen molar-refractivity contribution in [2.24, 2.45) is 5.73 Å². The second-order valence-corrected chi connectivity index (χ2v) is 17.0. The van der Waals surface area contributed by atoms with Crippen LogP contribution in [0.2, 0.25) is 10.0 Å². The lowest BCUT2D eigenvalue weighted by Gasteiger charge is -2.32. The highest BCUT2D eigenvalue weighted by molar-refractivity contribution is 9.10. The Labute approximate surface area is 374 Å². The molecule has 17 heteroatoms. The number of hydrogen-bond acceptors (Lipinski definition) is 10. The molecule has 0 aliphatic carbocycles. The number of carboxylic acids is 2. The molecule has 13 nitrogen and oxygen atoms in total. The number of benzene rings is 4. The number of aliphatic hydroxyl groups excluding tert-OH is 2. The average molecular weight is 947 g/mol. The predicted molar refractivity (Wildman–Crippen MR) is 239 cm³/mol. The highest BCUT2D eigenvalue weighted by Crippen LogP contribution is 2.36. The van der Waals surface area contributed by atoms with Gasteiger partial charge >= 0.3 is 30.9 Å². The van der Waals surface area contributed by atoms with Gasteiger partial charge in [-0.05, 0) is 118 Å². The van der Waals surface area contributed by atoms with Gasteiger partial charge in [-0.15, -0.1) is 0 Å². The van der Waals surface area contributed by atoms with E-state index in [1.807, 2.05) is 107 Å². The molecule has 0 saturated carbocycles. The molecule has 0 aromatic heterocycles. The molecular formula is C44H52BBrCl2N2O11. The van der Waals surface area contributed by atoms with Crippen LogP contribution in [0.5, 0.6) is 0 Å². The molecule has 1 saturated heterocycles. The molecule has 0 radical (unpaired) electrons. The molecular weight excluding hydrogens is 894 g/mol. The maximum absolute atomic E-state index is 11.4. The van der Waals surface area contributed by atoms with Crippen LogP contribution in [-0.4, -0.2) is 93.5 Å². The second kappa shape index (κ2) is 23.8. The SMILES string of the molecule is CC1(C)OB(c2cccc(Cl)c2)OC1(C)C.CCOC(=O)[C@H](O)C[C@H](N)Cc1ccc(Br)cc1.O=C(O)C(=O)N[C@H](Cc1ccc(-c2cccc(Cl)c2)cc1)C[C@@H](O)C(=O)O. The van der Waals surface area contributed by atoms with E-state index in [2.05, 4.69) is 21.2 Å². The average Bonchev–Trinajstić information content (AvgIpc) is 3.42. The Bertz CT molecular complexity index is 2060. The minimum Gasteiger partial charge on any atom is -0.479 e. The first-order valence-electron chi connectivity index (χ1n) is 19.4. The first kappa shape index (κ1) is 51.0. The van der Waals surface area contributed by atoms with E-state index in [4.69, 9.17) is 53.2 Å². The third kappa shape index (κ3) is 16.8.